The molecule has 3 rings (SSSR count). The lowest BCUT2D eigenvalue weighted by Gasteiger charge is -2.24. The van der Waals surface area contributed by atoms with Gasteiger partial charge < -0.3 is 14.5 Å². The van der Waals surface area contributed by atoms with Gasteiger partial charge in [0.1, 0.15) is 5.75 Å². The van der Waals surface area contributed by atoms with E-state index in [1.807, 2.05) is 43.3 Å². The van der Waals surface area contributed by atoms with Crippen LogP contribution >= 0.6 is 0 Å². The molecular formula is C21H26N2O2. The zero-order valence-electron chi connectivity index (χ0n) is 15.4. The van der Waals surface area contributed by atoms with E-state index >= 15 is 0 Å². The highest BCUT2D eigenvalue weighted by Crippen LogP contribution is 2.40. The summed E-state index contributed by atoms with van der Waals surface area (Å²) in [4.78, 5) is 16.9. The topological polar surface area (TPSA) is 32.8 Å². The highest BCUT2D eigenvalue weighted by molar-refractivity contribution is 5.96. The Hall–Kier alpha value is -2.49. The van der Waals surface area contributed by atoms with Crippen molar-refractivity contribution in [2.75, 3.05) is 31.0 Å². The Kier molecular flexibility index (Phi) is 4.98. The lowest BCUT2D eigenvalue weighted by molar-refractivity contribution is -0.120. The van der Waals surface area contributed by atoms with Gasteiger partial charge in [-0.1, -0.05) is 19.1 Å². The Balaban J connectivity index is 1.83. The maximum atomic E-state index is 12.9. The standard InChI is InChI=1S/C21H26N2O2/c1-15-13-20(15)21(24)23(18-9-11-19(25-4)12-10-18)14-16-5-7-17(8-6-16)22(2)3/h5-12,15,20H,13-14H2,1-4H3. The van der Waals surface area contributed by atoms with E-state index in [1.165, 1.54) is 0 Å². The van der Waals surface area contributed by atoms with Crippen LogP contribution in [-0.4, -0.2) is 27.1 Å². The molecule has 0 heterocycles. The van der Waals surface area contributed by atoms with E-state index in [9.17, 15) is 4.79 Å². The first-order valence-corrected chi connectivity index (χ1v) is 8.71. The van der Waals surface area contributed by atoms with Crippen LogP contribution in [0.3, 0.4) is 0 Å². The lowest BCUT2D eigenvalue weighted by Crippen LogP contribution is -2.32. The number of carbonyl (C=O) groups excluding carboxylic acids is 1. The van der Waals surface area contributed by atoms with E-state index in [0.29, 0.717) is 12.5 Å². The van der Waals surface area contributed by atoms with Gasteiger partial charge in [0.2, 0.25) is 5.91 Å². The largest absolute Gasteiger partial charge is 0.497 e. The molecule has 1 aliphatic rings. The summed E-state index contributed by atoms with van der Waals surface area (Å²) in [7, 11) is 5.70. The van der Waals surface area contributed by atoms with Crippen molar-refractivity contribution in [3.63, 3.8) is 0 Å². The van der Waals surface area contributed by atoms with E-state index in [0.717, 1.165) is 29.1 Å². The van der Waals surface area contributed by atoms with Crippen LogP contribution in [-0.2, 0) is 11.3 Å². The highest BCUT2D eigenvalue weighted by atomic mass is 16.5. The van der Waals surface area contributed by atoms with Crippen molar-refractivity contribution in [1.82, 2.24) is 0 Å². The molecule has 0 bridgehead atoms. The van der Waals surface area contributed by atoms with Gasteiger partial charge in [-0.05, 0) is 54.3 Å². The number of rotatable bonds is 6. The van der Waals surface area contributed by atoms with Crippen molar-refractivity contribution >= 4 is 17.3 Å². The second-order valence-electron chi connectivity index (χ2n) is 7.00. The predicted octanol–water partition coefficient (Wildman–Crippen LogP) is 3.95. The number of anilines is 2. The van der Waals surface area contributed by atoms with Crippen molar-refractivity contribution < 1.29 is 9.53 Å². The van der Waals surface area contributed by atoms with E-state index in [4.69, 9.17) is 4.74 Å². The van der Waals surface area contributed by atoms with Crippen LogP contribution in [0.15, 0.2) is 48.5 Å². The smallest absolute Gasteiger partial charge is 0.230 e. The summed E-state index contributed by atoms with van der Waals surface area (Å²) in [6.07, 6.45) is 0.991. The molecule has 0 spiro atoms. The fourth-order valence-corrected chi connectivity index (χ4v) is 3.01. The maximum absolute atomic E-state index is 12.9. The zero-order valence-corrected chi connectivity index (χ0v) is 15.4. The van der Waals surface area contributed by atoms with Crippen LogP contribution in [0.4, 0.5) is 11.4 Å². The fraction of sp³-hybridized carbons (Fsp3) is 0.381. The Bertz CT molecular complexity index is 723. The summed E-state index contributed by atoms with van der Waals surface area (Å²) in [5.41, 5.74) is 3.20. The second kappa shape index (κ2) is 7.18. The molecule has 1 saturated carbocycles. The quantitative estimate of drug-likeness (QED) is 0.799. The third-order valence-electron chi connectivity index (χ3n) is 4.87. The number of amides is 1. The summed E-state index contributed by atoms with van der Waals surface area (Å²) in [5.74, 6) is 1.66. The number of methoxy groups -OCH3 is 1. The van der Waals surface area contributed by atoms with Crippen LogP contribution in [0.25, 0.3) is 0 Å². The summed E-state index contributed by atoms with van der Waals surface area (Å²) < 4.78 is 5.23. The summed E-state index contributed by atoms with van der Waals surface area (Å²) >= 11 is 0. The molecule has 2 aromatic carbocycles. The average molecular weight is 338 g/mol. The SMILES string of the molecule is COc1ccc(N(Cc2ccc(N(C)C)cc2)C(=O)C2CC2C)cc1. The van der Waals surface area contributed by atoms with Crippen molar-refractivity contribution in [2.24, 2.45) is 11.8 Å². The Morgan fingerprint density at radius 1 is 1.04 bits per heavy atom. The maximum Gasteiger partial charge on any atom is 0.230 e. The third-order valence-corrected chi connectivity index (χ3v) is 4.87. The van der Waals surface area contributed by atoms with Gasteiger partial charge >= 0.3 is 0 Å². The van der Waals surface area contributed by atoms with Gasteiger partial charge in [0.15, 0.2) is 0 Å². The summed E-state index contributed by atoms with van der Waals surface area (Å²) in [6, 6.07) is 16.1. The van der Waals surface area contributed by atoms with Crippen LogP contribution in [0, 0.1) is 11.8 Å². The highest BCUT2D eigenvalue weighted by Gasteiger charge is 2.41. The van der Waals surface area contributed by atoms with E-state index in [2.05, 4.69) is 36.1 Å². The van der Waals surface area contributed by atoms with Crippen molar-refractivity contribution in [3.8, 4) is 5.75 Å². The lowest BCUT2D eigenvalue weighted by atomic mass is 10.1. The minimum atomic E-state index is 0.156. The molecule has 25 heavy (non-hydrogen) atoms. The van der Waals surface area contributed by atoms with E-state index < -0.39 is 0 Å². The van der Waals surface area contributed by atoms with Gasteiger partial charge in [-0.3, -0.25) is 4.79 Å². The van der Waals surface area contributed by atoms with Crippen molar-refractivity contribution in [3.05, 3.63) is 54.1 Å². The molecule has 0 aliphatic heterocycles. The number of nitrogens with zero attached hydrogens (tertiary/aromatic N) is 2. The first kappa shape index (κ1) is 17.3. The van der Waals surface area contributed by atoms with E-state index in [-0.39, 0.29) is 11.8 Å². The van der Waals surface area contributed by atoms with Gasteiger partial charge in [0.25, 0.3) is 0 Å². The Morgan fingerprint density at radius 3 is 2.08 bits per heavy atom. The van der Waals surface area contributed by atoms with Crippen molar-refractivity contribution in [2.45, 2.75) is 19.9 Å². The Labute approximate surface area is 150 Å². The molecule has 1 fully saturated rings. The molecule has 4 nitrogen and oxygen atoms in total. The fourth-order valence-electron chi connectivity index (χ4n) is 3.01. The van der Waals surface area contributed by atoms with Crippen LogP contribution in [0.1, 0.15) is 18.9 Å². The molecular weight excluding hydrogens is 312 g/mol. The minimum absolute atomic E-state index is 0.156. The van der Waals surface area contributed by atoms with Crippen LogP contribution in [0.5, 0.6) is 5.75 Å². The number of benzene rings is 2. The molecule has 0 radical (unpaired) electrons. The van der Waals surface area contributed by atoms with Gasteiger partial charge in [0, 0.05) is 31.4 Å². The molecule has 2 aromatic rings. The molecule has 1 amide bonds. The molecule has 0 saturated heterocycles. The normalized spacial score (nSPS) is 18.6. The monoisotopic (exact) mass is 338 g/mol. The summed E-state index contributed by atoms with van der Waals surface area (Å²) in [6.45, 7) is 2.72. The molecule has 1 aliphatic carbocycles. The minimum Gasteiger partial charge on any atom is -0.497 e. The molecule has 0 N–H and O–H groups in total. The Morgan fingerprint density at radius 2 is 1.60 bits per heavy atom. The van der Waals surface area contributed by atoms with Gasteiger partial charge in [-0.15, -0.1) is 0 Å². The molecule has 132 valence electrons. The second-order valence-corrected chi connectivity index (χ2v) is 7.00. The van der Waals surface area contributed by atoms with Gasteiger partial charge in [-0.2, -0.15) is 0 Å². The third kappa shape index (κ3) is 3.95. The van der Waals surface area contributed by atoms with Gasteiger partial charge in [0.05, 0.1) is 13.7 Å². The van der Waals surface area contributed by atoms with E-state index in [1.54, 1.807) is 7.11 Å². The number of carbonyl (C=O) groups is 1. The van der Waals surface area contributed by atoms with Crippen LogP contribution in [0.2, 0.25) is 0 Å². The van der Waals surface area contributed by atoms with Crippen molar-refractivity contribution in [1.29, 1.82) is 0 Å². The summed E-state index contributed by atoms with van der Waals surface area (Å²) in [5, 5.41) is 0. The zero-order chi connectivity index (χ0) is 18.0. The number of hydrogen-bond donors (Lipinski definition) is 0. The molecule has 2 atom stereocenters. The average Bonchev–Trinajstić information content (AvgIpc) is 3.36. The number of hydrogen-bond acceptors (Lipinski definition) is 3. The molecule has 4 heteroatoms. The molecule has 0 aromatic heterocycles. The first-order valence-electron chi connectivity index (χ1n) is 8.71. The number of ether oxygens (including phenoxy) is 1. The predicted molar refractivity (Wildman–Crippen MR) is 102 cm³/mol. The first-order chi connectivity index (χ1) is 12.0. The van der Waals surface area contributed by atoms with Crippen LogP contribution < -0.4 is 14.5 Å². The molecule has 2 unspecified atom stereocenters. The van der Waals surface area contributed by atoms with Gasteiger partial charge in [-0.25, -0.2) is 0 Å².